The van der Waals surface area contributed by atoms with Crippen LogP contribution in [-0.4, -0.2) is 19.2 Å². The maximum absolute atomic E-state index is 5.11. The van der Waals surface area contributed by atoms with Crippen LogP contribution in [0.3, 0.4) is 0 Å². The first-order valence-corrected chi connectivity index (χ1v) is 11.8. The maximum Gasteiger partial charge on any atom is 0.165 e. The summed E-state index contributed by atoms with van der Waals surface area (Å²) in [6, 6.07) is 6.90. The molecule has 0 fully saturated rings. The topological polar surface area (TPSA) is 35.1 Å². The van der Waals surface area contributed by atoms with Crippen LogP contribution in [0.5, 0.6) is 0 Å². The summed E-state index contributed by atoms with van der Waals surface area (Å²) in [6.07, 6.45) is 5.89. The minimum atomic E-state index is 0.982. The van der Waals surface area contributed by atoms with Gasteiger partial charge in [-0.1, -0.05) is 44.4 Å². The predicted molar refractivity (Wildman–Crippen MR) is 131 cm³/mol. The van der Waals surface area contributed by atoms with Gasteiger partial charge in [0.15, 0.2) is 5.65 Å². The van der Waals surface area contributed by atoms with Crippen molar-refractivity contribution >= 4 is 16.7 Å². The molecule has 0 spiro atoms. The molecular weight excluding hydrogens is 380 g/mol. The molecular formula is C27H36N4. The molecule has 164 valence electrons. The summed E-state index contributed by atoms with van der Waals surface area (Å²) in [5.41, 5.74) is 12.1. The molecule has 0 aliphatic rings. The van der Waals surface area contributed by atoms with E-state index in [1.54, 1.807) is 0 Å². The van der Waals surface area contributed by atoms with Crippen molar-refractivity contribution in [1.29, 1.82) is 0 Å². The molecule has 3 aromatic heterocycles. The fourth-order valence-electron chi connectivity index (χ4n) is 5.07. The highest BCUT2D eigenvalue weighted by Gasteiger charge is 2.22. The van der Waals surface area contributed by atoms with E-state index in [0.29, 0.717) is 0 Å². The standard InChI is InChI=1S/C27H36N4/c1-8-10-12-22-16-23-20(6)28-26-25(24-18(4)14-17(3)15-19(24)5)21(7)29-31(26)27(23)30(22)13-11-9-2/h14-16H,8-13H2,1-7H3. The molecule has 4 aromatic rings. The average Bonchev–Trinajstić information content (AvgIpc) is 3.22. The van der Waals surface area contributed by atoms with Crippen molar-refractivity contribution in [1.82, 2.24) is 19.2 Å². The van der Waals surface area contributed by atoms with E-state index in [1.807, 2.05) is 0 Å². The molecule has 31 heavy (non-hydrogen) atoms. The van der Waals surface area contributed by atoms with E-state index in [-0.39, 0.29) is 0 Å². The van der Waals surface area contributed by atoms with Crippen molar-refractivity contribution in [3.63, 3.8) is 0 Å². The SMILES string of the molecule is CCCCc1cc2c(C)nc3c(-c4c(C)cc(C)cc4C)c(C)nn3c2n1CCCC. The van der Waals surface area contributed by atoms with Crippen LogP contribution in [0.25, 0.3) is 27.8 Å². The van der Waals surface area contributed by atoms with E-state index in [9.17, 15) is 0 Å². The summed E-state index contributed by atoms with van der Waals surface area (Å²) >= 11 is 0. The Morgan fingerprint density at radius 2 is 1.48 bits per heavy atom. The van der Waals surface area contributed by atoms with Crippen LogP contribution in [0.4, 0.5) is 0 Å². The van der Waals surface area contributed by atoms with Crippen LogP contribution in [0.1, 0.15) is 73.3 Å². The van der Waals surface area contributed by atoms with E-state index in [0.717, 1.165) is 30.0 Å². The van der Waals surface area contributed by atoms with Crippen molar-refractivity contribution in [2.45, 2.75) is 87.1 Å². The second-order valence-electron chi connectivity index (χ2n) is 9.15. The number of benzene rings is 1. The van der Waals surface area contributed by atoms with Gasteiger partial charge < -0.3 is 4.57 Å². The Kier molecular flexibility index (Phi) is 5.92. The van der Waals surface area contributed by atoms with Gasteiger partial charge in [0.25, 0.3) is 0 Å². The molecule has 0 aliphatic carbocycles. The van der Waals surface area contributed by atoms with E-state index in [2.05, 4.69) is 75.7 Å². The van der Waals surface area contributed by atoms with Crippen molar-refractivity contribution in [2.75, 3.05) is 0 Å². The fraction of sp³-hybridized carbons (Fsp3) is 0.481. The molecule has 4 heteroatoms. The van der Waals surface area contributed by atoms with Crippen molar-refractivity contribution in [2.24, 2.45) is 0 Å². The number of fused-ring (bicyclic) bond motifs is 3. The lowest BCUT2D eigenvalue weighted by Gasteiger charge is -2.13. The highest BCUT2D eigenvalue weighted by Crippen LogP contribution is 2.36. The lowest BCUT2D eigenvalue weighted by Crippen LogP contribution is -2.07. The summed E-state index contributed by atoms with van der Waals surface area (Å²) < 4.78 is 4.64. The normalized spacial score (nSPS) is 11.8. The third-order valence-corrected chi connectivity index (χ3v) is 6.50. The quantitative estimate of drug-likeness (QED) is 0.324. The minimum absolute atomic E-state index is 0.982. The van der Waals surface area contributed by atoms with E-state index in [4.69, 9.17) is 10.1 Å². The lowest BCUT2D eigenvalue weighted by atomic mass is 9.94. The average molecular weight is 417 g/mol. The van der Waals surface area contributed by atoms with E-state index >= 15 is 0 Å². The zero-order valence-corrected chi connectivity index (χ0v) is 20.3. The largest absolute Gasteiger partial charge is 0.329 e. The number of unbranched alkanes of at least 4 members (excludes halogenated alkanes) is 2. The minimum Gasteiger partial charge on any atom is -0.329 e. The Hall–Kier alpha value is -2.62. The monoisotopic (exact) mass is 416 g/mol. The second-order valence-corrected chi connectivity index (χ2v) is 9.15. The Bertz CT molecular complexity index is 1230. The summed E-state index contributed by atoms with van der Waals surface area (Å²) in [4.78, 5) is 5.11. The molecule has 0 aliphatic heterocycles. The summed E-state index contributed by atoms with van der Waals surface area (Å²) in [7, 11) is 0. The van der Waals surface area contributed by atoms with Crippen LogP contribution < -0.4 is 0 Å². The Morgan fingerprint density at radius 3 is 2.13 bits per heavy atom. The fourth-order valence-corrected chi connectivity index (χ4v) is 5.07. The number of rotatable bonds is 7. The first-order chi connectivity index (χ1) is 14.9. The molecule has 0 bridgehead atoms. The molecule has 0 unspecified atom stereocenters. The molecule has 0 saturated heterocycles. The van der Waals surface area contributed by atoms with Gasteiger partial charge in [-0.05, 0) is 76.6 Å². The Balaban J connectivity index is 2.05. The highest BCUT2D eigenvalue weighted by atomic mass is 15.3. The number of aryl methyl sites for hydroxylation is 7. The van der Waals surface area contributed by atoms with Crippen molar-refractivity contribution < 1.29 is 0 Å². The van der Waals surface area contributed by atoms with Crippen LogP contribution in [0.2, 0.25) is 0 Å². The maximum atomic E-state index is 5.11. The molecule has 0 amide bonds. The Morgan fingerprint density at radius 1 is 0.806 bits per heavy atom. The van der Waals surface area contributed by atoms with Gasteiger partial charge in [-0.15, -0.1) is 0 Å². The summed E-state index contributed by atoms with van der Waals surface area (Å²) in [6.45, 7) is 16.4. The molecule has 3 heterocycles. The van der Waals surface area contributed by atoms with E-state index < -0.39 is 0 Å². The smallest absolute Gasteiger partial charge is 0.165 e. The lowest BCUT2D eigenvalue weighted by molar-refractivity contribution is 0.606. The van der Waals surface area contributed by atoms with Gasteiger partial charge in [-0.3, -0.25) is 0 Å². The predicted octanol–water partition coefficient (Wildman–Crippen LogP) is 7.04. The van der Waals surface area contributed by atoms with E-state index in [1.165, 1.54) is 70.2 Å². The third kappa shape index (κ3) is 3.66. The van der Waals surface area contributed by atoms with Gasteiger partial charge in [0, 0.05) is 17.6 Å². The number of hydrogen-bond acceptors (Lipinski definition) is 2. The molecule has 4 nitrogen and oxygen atoms in total. The van der Waals surface area contributed by atoms with Gasteiger partial charge >= 0.3 is 0 Å². The zero-order valence-electron chi connectivity index (χ0n) is 20.3. The molecule has 0 radical (unpaired) electrons. The van der Waals surface area contributed by atoms with Crippen molar-refractivity contribution in [3.8, 4) is 11.1 Å². The van der Waals surface area contributed by atoms with Gasteiger partial charge in [0.2, 0.25) is 0 Å². The Labute approximate surface area is 186 Å². The molecule has 4 rings (SSSR count). The summed E-state index contributed by atoms with van der Waals surface area (Å²) in [5, 5.41) is 6.30. The first kappa shape index (κ1) is 21.6. The molecule has 0 atom stereocenters. The highest BCUT2D eigenvalue weighted by molar-refractivity contribution is 5.90. The van der Waals surface area contributed by atoms with Gasteiger partial charge in [0.05, 0.1) is 17.0 Å². The molecule has 0 saturated carbocycles. The third-order valence-electron chi connectivity index (χ3n) is 6.50. The van der Waals surface area contributed by atoms with Gasteiger partial charge in [-0.25, -0.2) is 4.98 Å². The number of aromatic nitrogens is 4. The zero-order chi connectivity index (χ0) is 22.3. The number of hydrogen-bond donors (Lipinski definition) is 0. The molecule has 0 N–H and O–H groups in total. The second kappa shape index (κ2) is 8.49. The number of nitrogens with zero attached hydrogens (tertiary/aromatic N) is 4. The van der Waals surface area contributed by atoms with Crippen LogP contribution in [-0.2, 0) is 13.0 Å². The van der Waals surface area contributed by atoms with Crippen LogP contribution in [0, 0.1) is 34.6 Å². The summed E-state index contributed by atoms with van der Waals surface area (Å²) in [5.74, 6) is 0. The van der Waals surface area contributed by atoms with Gasteiger partial charge in [0.1, 0.15) is 5.65 Å². The van der Waals surface area contributed by atoms with Crippen LogP contribution in [0.15, 0.2) is 18.2 Å². The molecule has 1 aromatic carbocycles. The van der Waals surface area contributed by atoms with Gasteiger partial charge in [-0.2, -0.15) is 9.61 Å². The first-order valence-electron chi connectivity index (χ1n) is 11.8. The van der Waals surface area contributed by atoms with Crippen molar-refractivity contribution in [3.05, 3.63) is 52.0 Å². The van der Waals surface area contributed by atoms with Crippen LogP contribution >= 0.6 is 0 Å².